The van der Waals surface area contributed by atoms with Crippen LogP contribution >= 0.6 is 0 Å². The molecular weight excluding hydrogens is 219 g/mol. The molecule has 1 atom stereocenters. The molecule has 0 aliphatic heterocycles. The molecule has 2 nitrogen and oxygen atoms in total. The van der Waals surface area contributed by atoms with Crippen molar-refractivity contribution in [1.82, 2.24) is 0 Å². The third-order valence-corrected chi connectivity index (χ3v) is 3.13. The van der Waals surface area contributed by atoms with Crippen LogP contribution in [-0.2, 0) is 4.79 Å². The van der Waals surface area contributed by atoms with Gasteiger partial charge in [0.05, 0.1) is 0 Å². The number of aliphatic carboxylic acids is 1. The number of carboxylic acid groups (broad SMARTS) is 1. The normalized spacial score (nSPS) is 16.4. The molecule has 0 spiro atoms. The summed E-state index contributed by atoms with van der Waals surface area (Å²) in [4.78, 5) is 11.3. The van der Waals surface area contributed by atoms with E-state index in [2.05, 4.69) is 0 Å². The van der Waals surface area contributed by atoms with Crippen molar-refractivity contribution in [2.45, 2.75) is 5.92 Å². The van der Waals surface area contributed by atoms with Crippen molar-refractivity contribution in [2.75, 3.05) is 0 Å². The molecule has 2 aromatic rings. The molecule has 1 unspecified atom stereocenters. The van der Waals surface area contributed by atoms with Crippen LogP contribution in [0.15, 0.2) is 42.5 Å². The maximum Gasteiger partial charge on any atom is 0.315 e. The quantitative estimate of drug-likeness (QED) is 0.814. The first-order chi connectivity index (χ1) is 8.18. The Hall–Kier alpha value is -2.16. The van der Waals surface area contributed by atoms with Gasteiger partial charge in [-0.05, 0) is 34.4 Å². The van der Waals surface area contributed by atoms with Gasteiger partial charge in [-0.25, -0.2) is 4.39 Å². The van der Waals surface area contributed by atoms with E-state index in [0.717, 1.165) is 16.7 Å². The van der Waals surface area contributed by atoms with Crippen LogP contribution in [0.3, 0.4) is 0 Å². The average Bonchev–Trinajstić information content (AvgIpc) is 2.62. The predicted molar refractivity (Wildman–Crippen MR) is 61.3 cm³/mol. The number of rotatable bonds is 1. The molecule has 0 bridgehead atoms. The molecule has 17 heavy (non-hydrogen) atoms. The SMILES string of the molecule is O=C(O)C1c2ccccc2-c2ccc(F)cc21. The molecule has 1 N–H and O–H groups in total. The molecule has 0 aromatic heterocycles. The Labute approximate surface area is 97.3 Å². The van der Waals surface area contributed by atoms with Gasteiger partial charge in [0.1, 0.15) is 11.7 Å². The van der Waals surface area contributed by atoms with Gasteiger partial charge >= 0.3 is 5.97 Å². The summed E-state index contributed by atoms with van der Waals surface area (Å²) in [5.74, 6) is -2.10. The third-order valence-electron chi connectivity index (χ3n) is 3.13. The smallest absolute Gasteiger partial charge is 0.315 e. The van der Waals surface area contributed by atoms with E-state index < -0.39 is 17.7 Å². The van der Waals surface area contributed by atoms with Crippen molar-refractivity contribution in [1.29, 1.82) is 0 Å². The fourth-order valence-electron chi connectivity index (χ4n) is 2.45. The van der Waals surface area contributed by atoms with Crippen molar-refractivity contribution in [2.24, 2.45) is 0 Å². The van der Waals surface area contributed by atoms with E-state index in [1.54, 1.807) is 18.2 Å². The zero-order valence-electron chi connectivity index (χ0n) is 8.85. The number of carboxylic acids is 1. The van der Waals surface area contributed by atoms with Gasteiger partial charge in [-0.3, -0.25) is 4.79 Å². The summed E-state index contributed by atoms with van der Waals surface area (Å²) < 4.78 is 13.2. The second-order valence-electron chi connectivity index (χ2n) is 4.09. The van der Waals surface area contributed by atoms with Crippen LogP contribution in [0.1, 0.15) is 17.0 Å². The van der Waals surface area contributed by atoms with Crippen molar-refractivity contribution in [3.63, 3.8) is 0 Å². The number of fused-ring (bicyclic) bond motifs is 3. The Kier molecular flexibility index (Phi) is 2.01. The molecule has 0 saturated carbocycles. The minimum atomic E-state index is -0.943. The van der Waals surface area contributed by atoms with Gasteiger partial charge in [0, 0.05) is 0 Å². The van der Waals surface area contributed by atoms with Crippen molar-refractivity contribution in [3.05, 3.63) is 59.4 Å². The van der Waals surface area contributed by atoms with Crippen LogP contribution in [0.4, 0.5) is 4.39 Å². The molecule has 1 aliphatic carbocycles. The van der Waals surface area contributed by atoms with Gasteiger partial charge in [0.25, 0.3) is 0 Å². The van der Waals surface area contributed by atoms with E-state index in [4.69, 9.17) is 0 Å². The Bertz CT molecular complexity index is 619. The molecule has 0 radical (unpaired) electrons. The van der Waals surface area contributed by atoms with Crippen LogP contribution < -0.4 is 0 Å². The molecule has 0 amide bonds. The monoisotopic (exact) mass is 228 g/mol. The first kappa shape index (κ1) is 10.0. The lowest BCUT2D eigenvalue weighted by Crippen LogP contribution is -2.10. The van der Waals surface area contributed by atoms with Crippen LogP contribution in [0.25, 0.3) is 11.1 Å². The van der Waals surface area contributed by atoms with Crippen molar-refractivity contribution in [3.8, 4) is 11.1 Å². The van der Waals surface area contributed by atoms with E-state index in [9.17, 15) is 14.3 Å². The second-order valence-corrected chi connectivity index (χ2v) is 4.09. The zero-order chi connectivity index (χ0) is 12.0. The summed E-state index contributed by atoms with van der Waals surface area (Å²) in [7, 11) is 0. The van der Waals surface area contributed by atoms with Gasteiger partial charge in [0.15, 0.2) is 0 Å². The van der Waals surface area contributed by atoms with Crippen LogP contribution in [-0.4, -0.2) is 11.1 Å². The van der Waals surface area contributed by atoms with Crippen LogP contribution in [0.2, 0.25) is 0 Å². The molecule has 3 rings (SSSR count). The number of hydrogen-bond acceptors (Lipinski definition) is 1. The Morgan fingerprint density at radius 1 is 1.06 bits per heavy atom. The molecule has 0 saturated heterocycles. The summed E-state index contributed by atoms with van der Waals surface area (Å²) in [6, 6.07) is 11.6. The zero-order valence-corrected chi connectivity index (χ0v) is 8.85. The van der Waals surface area contributed by atoms with Crippen LogP contribution in [0.5, 0.6) is 0 Å². The Morgan fingerprint density at radius 3 is 2.53 bits per heavy atom. The minimum Gasteiger partial charge on any atom is -0.481 e. The minimum absolute atomic E-state index is 0.400. The lowest BCUT2D eigenvalue weighted by Gasteiger charge is -2.07. The molecule has 0 fully saturated rings. The molecule has 84 valence electrons. The fourth-order valence-corrected chi connectivity index (χ4v) is 2.45. The first-order valence-corrected chi connectivity index (χ1v) is 5.30. The molecule has 2 aromatic carbocycles. The topological polar surface area (TPSA) is 37.3 Å². The van der Waals surface area contributed by atoms with Gasteiger partial charge in [-0.1, -0.05) is 30.3 Å². The number of benzene rings is 2. The summed E-state index contributed by atoms with van der Waals surface area (Å²) in [6.07, 6.45) is 0. The number of halogens is 1. The maximum atomic E-state index is 13.2. The number of carbonyl (C=O) groups is 1. The molecule has 1 aliphatic rings. The van der Waals surface area contributed by atoms with E-state index in [1.165, 1.54) is 12.1 Å². The van der Waals surface area contributed by atoms with Gasteiger partial charge in [-0.15, -0.1) is 0 Å². The highest BCUT2D eigenvalue weighted by Crippen LogP contribution is 2.44. The van der Waals surface area contributed by atoms with Gasteiger partial charge in [0.2, 0.25) is 0 Å². The average molecular weight is 228 g/mol. The van der Waals surface area contributed by atoms with Gasteiger partial charge < -0.3 is 5.11 Å². The summed E-state index contributed by atoms with van der Waals surface area (Å²) in [5.41, 5.74) is 2.98. The highest BCUT2D eigenvalue weighted by atomic mass is 19.1. The highest BCUT2D eigenvalue weighted by Gasteiger charge is 2.33. The fraction of sp³-hybridized carbons (Fsp3) is 0.0714. The molecular formula is C14H9FO2. The van der Waals surface area contributed by atoms with Crippen molar-refractivity contribution < 1.29 is 14.3 Å². The Morgan fingerprint density at radius 2 is 1.76 bits per heavy atom. The van der Waals surface area contributed by atoms with Crippen LogP contribution in [0, 0.1) is 5.82 Å². The predicted octanol–water partition coefficient (Wildman–Crippen LogP) is 3.02. The van der Waals surface area contributed by atoms with E-state index >= 15 is 0 Å². The number of hydrogen-bond donors (Lipinski definition) is 1. The summed E-state index contributed by atoms with van der Waals surface area (Å²) in [6.45, 7) is 0. The second kappa shape index (κ2) is 3.42. The van der Waals surface area contributed by atoms with E-state index in [0.29, 0.717) is 5.56 Å². The van der Waals surface area contributed by atoms with Gasteiger partial charge in [-0.2, -0.15) is 0 Å². The lowest BCUT2D eigenvalue weighted by atomic mass is 9.97. The summed E-state index contributed by atoms with van der Waals surface area (Å²) in [5, 5.41) is 9.28. The largest absolute Gasteiger partial charge is 0.481 e. The standard InChI is InChI=1S/C14H9FO2/c15-8-5-6-10-9-3-1-2-4-11(9)13(14(16)17)12(10)7-8/h1-7,13H,(H,16,17). The first-order valence-electron chi connectivity index (χ1n) is 5.30. The highest BCUT2D eigenvalue weighted by molar-refractivity contribution is 5.92. The van der Waals surface area contributed by atoms with E-state index in [-0.39, 0.29) is 0 Å². The third kappa shape index (κ3) is 1.35. The molecule has 3 heteroatoms. The lowest BCUT2D eigenvalue weighted by molar-refractivity contribution is -0.137. The maximum absolute atomic E-state index is 13.2. The molecule has 0 heterocycles. The summed E-state index contributed by atoms with van der Waals surface area (Å²) >= 11 is 0. The van der Waals surface area contributed by atoms with E-state index in [1.807, 2.05) is 12.1 Å². The van der Waals surface area contributed by atoms with Crippen molar-refractivity contribution >= 4 is 5.97 Å². The Balaban J connectivity index is 2.33.